The van der Waals surface area contributed by atoms with Gasteiger partial charge in [-0.05, 0) is 28.8 Å². The molecule has 0 saturated carbocycles. The number of hydrogen-bond donors (Lipinski definition) is 1. The summed E-state index contributed by atoms with van der Waals surface area (Å²) in [5, 5.41) is 8.27. The second kappa shape index (κ2) is 6.87. The summed E-state index contributed by atoms with van der Waals surface area (Å²) in [5.41, 5.74) is 8.90. The van der Waals surface area contributed by atoms with Crippen LogP contribution >= 0.6 is 0 Å². The van der Waals surface area contributed by atoms with Crippen molar-refractivity contribution >= 4 is 12.0 Å². The molecule has 0 radical (unpaired) electrons. The van der Waals surface area contributed by atoms with Crippen molar-refractivity contribution in [1.29, 1.82) is 0 Å². The van der Waals surface area contributed by atoms with Gasteiger partial charge >= 0.3 is 0 Å². The van der Waals surface area contributed by atoms with E-state index in [0.717, 1.165) is 22.4 Å². The summed E-state index contributed by atoms with van der Waals surface area (Å²) in [4.78, 5) is 1.38. The number of rotatable bonds is 5. The molecule has 1 heterocycles. The maximum Gasteiger partial charge on any atom is 0.190 e. The number of hydrogen-bond acceptors (Lipinski definition) is 5. The van der Waals surface area contributed by atoms with E-state index in [-0.39, 0.29) is 0 Å². The van der Waals surface area contributed by atoms with Crippen LogP contribution in [0.15, 0.2) is 59.8 Å². The van der Waals surface area contributed by atoms with Crippen molar-refractivity contribution in [2.45, 2.75) is 0 Å². The van der Waals surface area contributed by atoms with Gasteiger partial charge < -0.3 is 15.2 Å². The number of nitrogens with two attached hydrogens (primary N) is 1. The van der Waals surface area contributed by atoms with Crippen molar-refractivity contribution in [2.24, 2.45) is 5.10 Å². The first-order chi connectivity index (χ1) is 11.7. The Labute approximate surface area is 140 Å². The molecule has 2 aromatic carbocycles. The largest absolute Gasteiger partial charge is 0.497 e. The zero-order valence-electron chi connectivity index (χ0n) is 13.5. The van der Waals surface area contributed by atoms with Crippen LogP contribution in [0.3, 0.4) is 0 Å². The first-order valence-electron chi connectivity index (χ1n) is 7.37. The highest BCUT2D eigenvalue weighted by molar-refractivity contribution is 5.81. The van der Waals surface area contributed by atoms with Crippen LogP contribution in [0.2, 0.25) is 0 Å². The fraction of sp³-hybridized carbons (Fsp3) is 0.111. The number of methoxy groups -OCH3 is 2. The molecule has 1 aromatic heterocycles. The second-order valence-electron chi connectivity index (χ2n) is 5.10. The first-order valence-corrected chi connectivity index (χ1v) is 7.37. The molecule has 3 rings (SSSR count). The van der Waals surface area contributed by atoms with Crippen LogP contribution in [0.4, 0.5) is 5.82 Å². The molecule has 122 valence electrons. The lowest BCUT2D eigenvalue weighted by Crippen LogP contribution is -1.93. The average Bonchev–Trinajstić information content (AvgIpc) is 3.00. The smallest absolute Gasteiger partial charge is 0.190 e. The van der Waals surface area contributed by atoms with Gasteiger partial charge in [0.2, 0.25) is 0 Å². The van der Waals surface area contributed by atoms with E-state index in [9.17, 15) is 0 Å². The minimum absolute atomic E-state index is 0.310. The van der Waals surface area contributed by atoms with Gasteiger partial charge in [0.1, 0.15) is 5.75 Å². The number of aromatic nitrogens is 2. The summed E-state index contributed by atoms with van der Waals surface area (Å²) in [6.07, 6.45) is 3.33. The Kier molecular flexibility index (Phi) is 4.47. The van der Waals surface area contributed by atoms with E-state index in [4.69, 9.17) is 15.2 Å². The molecule has 0 bridgehead atoms. The van der Waals surface area contributed by atoms with E-state index in [1.807, 2.05) is 48.5 Å². The van der Waals surface area contributed by atoms with Crippen molar-refractivity contribution in [1.82, 2.24) is 9.89 Å². The van der Waals surface area contributed by atoms with Crippen molar-refractivity contribution in [3.8, 4) is 22.6 Å². The van der Waals surface area contributed by atoms with Crippen molar-refractivity contribution in [2.75, 3.05) is 20.0 Å². The van der Waals surface area contributed by atoms with Crippen LogP contribution in [0.5, 0.6) is 11.5 Å². The highest BCUT2D eigenvalue weighted by atomic mass is 16.5. The molecule has 6 nitrogen and oxygen atoms in total. The maximum atomic E-state index is 5.69. The summed E-state index contributed by atoms with van der Waals surface area (Å²) in [6, 6.07) is 16.0. The molecule has 6 heteroatoms. The first kappa shape index (κ1) is 15.6. The topological polar surface area (TPSA) is 74.7 Å². The van der Waals surface area contributed by atoms with Gasteiger partial charge in [-0.1, -0.05) is 36.4 Å². The normalized spacial score (nSPS) is 10.9. The lowest BCUT2D eigenvalue weighted by atomic mass is 10.0. The van der Waals surface area contributed by atoms with Gasteiger partial charge in [-0.2, -0.15) is 9.89 Å². The van der Waals surface area contributed by atoms with Gasteiger partial charge in [-0.25, -0.2) is 0 Å². The summed E-state index contributed by atoms with van der Waals surface area (Å²) in [5.74, 6) is 1.66. The van der Waals surface area contributed by atoms with Crippen LogP contribution in [0.1, 0.15) is 5.56 Å². The molecule has 3 aromatic rings. The Morgan fingerprint density at radius 2 is 1.58 bits per heavy atom. The molecule has 0 spiro atoms. The van der Waals surface area contributed by atoms with Gasteiger partial charge in [0.05, 0.1) is 26.6 Å². The lowest BCUT2D eigenvalue weighted by molar-refractivity contribution is 0.415. The number of nitrogens with zero attached hydrogens (tertiary/aromatic N) is 3. The van der Waals surface area contributed by atoms with Gasteiger partial charge in [-0.3, -0.25) is 0 Å². The van der Waals surface area contributed by atoms with Crippen LogP contribution in [0, 0.1) is 0 Å². The summed E-state index contributed by atoms with van der Waals surface area (Å²) in [7, 11) is 3.20. The van der Waals surface area contributed by atoms with Crippen LogP contribution < -0.4 is 15.2 Å². The molecule has 0 amide bonds. The third-order valence-corrected chi connectivity index (χ3v) is 3.57. The number of ether oxygens (including phenoxy) is 2. The van der Waals surface area contributed by atoms with Crippen LogP contribution in [0.25, 0.3) is 11.1 Å². The Hall–Kier alpha value is -3.28. The van der Waals surface area contributed by atoms with Crippen LogP contribution in [-0.4, -0.2) is 30.3 Å². The Morgan fingerprint density at radius 3 is 2.12 bits per heavy atom. The zero-order valence-corrected chi connectivity index (χ0v) is 13.5. The Balaban J connectivity index is 1.74. The Bertz CT molecular complexity index is 836. The van der Waals surface area contributed by atoms with Gasteiger partial charge in [-0.15, -0.1) is 5.10 Å². The number of anilines is 1. The summed E-state index contributed by atoms with van der Waals surface area (Å²) in [6.45, 7) is 0. The fourth-order valence-corrected chi connectivity index (χ4v) is 2.25. The molecule has 0 aliphatic carbocycles. The minimum Gasteiger partial charge on any atom is -0.497 e. The molecule has 0 saturated heterocycles. The molecule has 2 N–H and O–H groups in total. The fourth-order valence-electron chi connectivity index (χ4n) is 2.25. The predicted molar refractivity (Wildman–Crippen MR) is 94.6 cm³/mol. The summed E-state index contributed by atoms with van der Waals surface area (Å²) >= 11 is 0. The van der Waals surface area contributed by atoms with E-state index >= 15 is 0 Å². The van der Waals surface area contributed by atoms with Gasteiger partial charge in [0, 0.05) is 0 Å². The van der Waals surface area contributed by atoms with Gasteiger partial charge in [0.25, 0.3) is 0 Å². The number of benzene rings is 2. The molecule has 24 heavy (non-hydrogen) atoms. The third kappa shape index (κ3) is 3.38. The second-order valence-corrected chi connectivity index (χ2v) is 5.10. The third-order valence-electron chi connectivity index (χ3n) is 3.57. The predicted octanol–water partition coefficient (Wildman–Crippen LogP) is 3.03. The van der Waals surface area contributed by atoms with E-state index in [2.05, 4.69) is 10.2 Å². The molecule has 0 unspecified atom stereocenters. The molecule has 0 atom stereocenters. The molecular formula is C18H18N4O2. The standard InChI is InChI=1S/C18H18N4O2/c1-23-16-9-7-15(8-10-16)14-5-3-13(4-6-14)11-20-22-12-17(24-2)18(19)21-22/h3-12H,1-2H3,(H2,19,21). The SMILES string of the molecule is COc1ccc(-c2ccc(C=Nn3cc(OC)c(N)n3)cc2)cc1. The van der Waals surface area contributed by atoms with Crippen molar-refractivity contribution in [3.63, 3.8) is 0 Å². The zero-order chi connectivity index (χ0) is 16.9. The quantitative estimate of drug-likeness (QED) is 0.733. The van der Waals surface area contributed by atoms with E-state index < -0.39 is 0 Å². The highest BCUT2D eigenvalue weighted by Crippen LogP contribution is 2.22. The monoisotopic (exact) mass is 322 g/mol. The maximum absolute atomic E-state index is 5.69. The molecule has 0 aliphatic heterocycles. The average molecular weight is 322 g/mol. The highest BCUT2D eigenvalue weighted by Gasteiger charge is 2.03. The van der Waals surface area contributed by atoms with E-state index in [1.54, 1.807) is 26.6 Å². The van der Waals surface area contributed by atoms with Crippen molar-refractivity contribution < 1.29 is 9.47 Å². The minimum atomic E-state index is 0.310. The number of nitrogen functional groups attached to an aromatic ring is 1. The lowest BCUT2D eigenvalue weighted by Gasteiger charge is -2.04. The molecule has 0 aliphatic rings. The summed E-state index contributed by atoms with van der Waals surface area (Å²) < 4.78 is 10.2. The van der Waals surface area contributed by atoms with E-state index in [0.29, 0.717) is 11.6 Å². The van der Waals surface area contributed by atoms with E-state index in [1.165, 1.54) is 4.79 Å². The molecule has 0 fully saturated rings. The van der Waals surface area contributed by atoms with Crippen LogP contribution in [-0.2, 0) is 0 Å². The van der Waals surface area contributed by atoms with Gasteiger partial charge in [0.15, 0.2) is 11.6 Å². The molecular weight excluding hydrogens is 304 g/mol. The Morgan fingerprint density at radius 1 is 0.958 bits per heavy atom. The van der Waals surface area contributed by atoms with Crippen molar-refractivity contribution in [3.05, 3.63) is 60.3 Å².